The van der Waals surface area contributed by atoms with Crippen molar-refractivity contribution in [2.75, 3.05) is 7.11 Å². The maximum Gasteiger partial charge on any atom is 0.132 e. The van der Waals surface area contributed by atoms with Gasteiger partial charge >= 0.3 is 0 Å². The Kier molecular flexibility index (Phi) is 4.09. The zero-order chi connectivity index (χ0) is 9.14. The lowest BCUT2D eigenvalue weighted by molar-refractivity contribution is 0.411. The third kappa shape index (κ3) is 2.04. The molecule has 1 aromatic carbocycles. The highest BCUT2D eigenvalue weighted by Crippen LogP contribution is 2.28. The van der Waals surface area contributed by atoms with E-state index in [4.69, 9.17) is 4.74 Å². The van der Waals surface area contributed by atoms with Crippen molar-refractivity contribution in [3.05, 3.63) is 24.8 Å². The molecular weight excluding hydrogens is 378 g/mol. The number of hydrogen-bond acceptors (Lipinski definition) is 1. The monoisotopic (exact) mass is 388 g/mol. The first-order valence-corrected chi connectivity index (χ1v) is 5.87. The summed E-state index contributed by atoms with van der Waals surface area (Å²) in [5.41, 5.74) is 1.38. The van der Waals surface area contributed by atoms with E-state index in [0.717, 1.165) is 12.2 Å². The van der Waals surface area contributed by atoms with E-state index in [1.807, 2.05) is 6.07 Å². The van der Waals surface area contributed by atoms with Gasteiger partial charge in [0.15, 0.2) is 0 Å². The Bertz CT molecular complexity index is 284. The first kappa shape index (κ1) is 10.6. The molecule has 0 N–H and O–H groups in total. The Morgan fingerprint density at radius 2 is 2.00 bits per heavy atom. The molecule has 0 aromatic heterocycles. The lowest BCUT2D eigenvalue weighted by Crippen LogP contribution is -1.95. The van der Waals surface area contributed by atoms with Crippen molar-refractivity contribution in [2.45, 2.75) is 13.3 Å². The van der Waals surface area contributed by atoms with Crippen molar-refractivity contribution >= 4 is 45.2 Å². The molecule has 0 fully saturated rings. The molecule has 0 aliphatic heterocycles. The molecule has 0 heterocycles. The molecule has 0 spiro atoms. The van der Waals surface area contributed by atoms with Crippen LogP contribution in [-0.2, 0) is 6.42 Å². The van der Waals surface area contributed by atoms with Crippen molar-refractivity contribution in [2.24, 2.45) is 0 Å². The molecule has 0 aliphatic rings. The second-order valence-electron chi connectivity index (χ2n) is 2.40. The average Bonchev–Trinajstić information content (AvgIpc) is 2.06. The summed E-state index contributed by atoms with van der Waals surface area (Å²) in [6.07, 6.45) is 1.06. The molecule has 1 nitrogen and oxygen atoms in total. The maximum atomic E-state index is 5.23. The van der Waals surface area contributed by atoms with Crippen LogP contribution in [0.3, 0.4) is 0 Å². The van der Waals surface area contributed by atoms with Gasteiger partial charge in [-0.1, -0.05) is 6.92 Å². The van der Waals surface area contributed by atoms with E-state index in [1.165, 1.54) is 12.7 Å². The van der Waals surface area contributed by atoms with Gasteiger partial charge < -0.3 is 4.74 Å². The van der Waals surface area contributed by atoms with Gasteiger partial charge in [-0.15, -0.1) is 0 Å². The van der Waals surface area contributed by atoms with Gasteiger partial charge in [0.05, 0.1) is 10.7 Å². The van der Waals surface area contributed by atoms with Crippen LogP contribution in [0.5, 0.6) is 5.75 Å². The Labute approximate surface area is 100 Å². The van der Waals surface area contributed by atoms with E-state index in [0.29, 0.717) is 0 Å². The third-order valence-electron chi connectivity index (χ3n) is 1.72. The number of halogens is 2. The van der Waals surface area contributed by atoms with E-state index >= 15 is 0 Å². The summed E-state index contributed by atoms with van der Waals surface area (Å²) in [4.78, 5) is 0. The predicted molar refractivity (Wildman–Crippen MR) is 67.8 cm³/mol. The highest BCUT2D eigenvalue weighted by atomic mass is 127. The normalized spacial score (nSPS) is 10.0. The van der Waals surface area contributed by atoms with E-state index in [2.05, 4.69) is 58.2 Å². The molecule has 3 heteroatoms. The minimum absolute atomic E-state index is 0.980. The lowest BCUT2D eigenvalue weighted by atomic mass is 10.2. The number of ether oxygens (including phenoxy) is 1. The molecule has 12 heavy (non-hydrogen) atoms. The van der Waals surface area contributed by atoms with Gasteiger partial charge in [-0.05, 0) is 69.3 Å². The van der Waals surface area contributed by atoms with Gasteiger partial charge in [-0.25, -0.2) is 0 Å². The molecule has 1 rings (SSSR count). The highest BCUT2D eigenvalue weighted by Gasteiger charge is 2.07. The van der Waals surface area contributed by atoms with Gasteiger partial charge in [0.2, 0.25) is 0 Å². The predicted octanol–water partition coefficient (Wildman–Crippen LogP) is 3.47. The molecule has 1 aromatic rings. The second kappa shape index (κ2) is 4.64. The van der Waals surface area contributed by atoms with Crippen LogP contribution in [0, 0.1) is 7.14 Å². The van der Waals surface area contributed by atoms with Gasteiger partial charge in [-0.2, -0.15) is 0 Å². The third-order valence-corrected chi connectivity index (χ3v) is 3.92. The lowest BCUT2D eigenvalue weighted by Gasteiger charge is -2.08. The molecule has 66 valence electrons. The summed E-state index contributed by atoms with van der Waals surface area (Å²) in [7, 11) is 1.71. The number of methoxy groups -OCH3 is 1. The topological polar surface area (TPSA) is 9.23 Å². The average molecular weight is 388 g/mol. The van der Waals surface area contributed by atoms with Crippen LogP contribution in [0.15, 0.2) is 12.1 Å². The molecule has 0 unspecified atom stereocenters. The van der Waals surface area contributed by atoms with E-state index in [-0.39, 0.29) is 0 Å². The number of rotatable bonds is 2. The Hall–Kier alpha value is 0.480. The zero-order valence-electron chi connectivity index (χ0n) is 7.03. The smallest absolute Gasteiger partial charge is 0.132 e. The van der Waals surface area contributed by atoms with Gasteiger partial charge in [0.25, 0.3) is 0 Å². The SMILES string of the molecule is CCc1c(I)ccc(OC)c1I. The largest absolute Gasteiger partial charge is 0.496 e. The van der Waals surface area contributed by atoms with Crippen molar-refractivity contribution in [3.8, 4) is 5.75 Å². The van der Waals surface area contributed by atoms with Crippen LogP contribution in [0.25, 0.3) is 0 Å². The first-order valence-electron chi connectivity index (χ1n) is 3.71. The van der Waals surface area contributed by atoms with E-state index < -0.39 is 0 Å². The van der Waals surface area contributed by atoms with Crippen molar-refractivity contribution in [1.29, 1.82) is 0 Å². The summed E-state index contributed by atoms with van der Waals surface area (Å²) in [6.45, 7) is 2.17. The zero-order valence-corrected chi connectivity index (χ0v) is 11.3. The summed E-state index contributed by atoms with van der Waals surface area (Å²) in [5.74, 6) is 0.980. The van der Waals surface area contributed by atoms with Crippen LogP contribution in [0.2, 0.25) is 0 Å². The molecule has 0 radical (unpaired) electrons. The fraction of sp³-hybridized carbons (Fsp3) is 0.333. The van der Waals surface area contributed by atoms with Crippen molar-refractivity contribution < 1.29 is 4.74 Å². The van der Waals surface area contributed by atoms with E-state index in [1.54, 1.807) is 7.11 Å². The molecule has 0 aliphatic carbocycles. The summed E-state index contributed by atoms with van der Waals surface area (Å²) >= 11 is 4.70. The van der Waals surface area contributed by atoms with Crippen LogP contribution in [0.4, 0.5) is 0 Å². The fourth-order valence-electron chi connectivity index (χ4n) is 1.06. The van der Waals surface area contributed by atoms with Gasteiger partial charge in [0.1, 0.15) is 5.75 Å². The first-order chi connectivity index (χ1) is 5.70. The minimum atomic E-state index is 0.980. The molecule has 0 saturated heterocycles. The Balaban J connectivity index is 3.24. The number of benzene rings is 1. The summed E-state index contributed by atoms with van der Waals surface area (Å²) in [5, 5.41) is 0. The van der Waals surface area contributed by atoms with Crippen LogP contribution in [-0.4, -0.2) is 7.11 Å². The molecule has 0 atom stereocenters. The van der Waals surface area contributed by atoms with Crippen LogP contribution >= 0.6 is 45.2 Å². The minimum Gasteiger partial charge on any atom is -0.496 e. The Morgan fingerprint density at radius 3 is 2.50 bits per heavy atom. The van der Waals surface area contributed by atoms with Crippen LogP contribution in [0.1, 0.15) is 12.5 Å². The number of hydrogen-bond donors (Lipinski definition) is 0. The summed E-state index contributed by atoms with van der Waals surface area (Å²) < 4.78 is 7.79. The van der Waals surface area contributed by atoms with Crippen molar-refractivity contribution in [1.82, 2.24) is 0 Å². The van der Waals surface area contributed by atoms with Gasteiger partial charge in [0, 0.05) is 3.57 Å². The molecule has 0 amide bonds. The highest BCUT2D eigenvalue weighted by molar-refractivity contribution is 14.1. The molecule has 0 bridgehead atoms. The maximum absolute atomic E-state index is 5.23. The standard InChI is InChI=1S/C9H10I2O/c1-3-6-7(10)4-5-8(12-2)9(6)11/h4-5H,3H2,1-2H3. The molecular formula is C9H10I2O. The fourth-order valence-corrected chi connectivity index (χ4v) is 3.48. The van der Waals surface area contributed by atoms with E-state index in [9.17, 15) is 0 Å². The molecule has 0 saturated carbocycles. The second-order valence-corrected chi connectivity index (χ2v) is 4.64. The van der Waals surface area contributed by atoms with Gasteiger partial charge in [-0.3, -0.25) is 0 Å². The summed E-state index contributed by atoms with van der Waals surface area (Å²) in [6, 6.07) is 4.11. The quantitative estimate of drug-likeness (QED) is 0.706. The van der Waals surface area contributed by atoms with Crippen LogP contribution < -0.4 is 4.74 Å². The van der Waals surface area contributed by atoms with Crippen molar-refractivity contribution in [3.63, 3.8) is 0 Å². The Morgan fingerprint density at radius 1 is 1.33 bits per heavy atom.